The highest BCUT2D eigenvalue weighted by Crippen LogP contribution is 2.43. The Morgan fingerprint density at radius 3 is 2.76 bits per heavy atom. The van der Waals surface area contributed by atoms with Crippen LogP contribution in [-0.4, -0.2) is 17.5 Å². The van der Waals surface area contributed by atoms with E-state index >= 15 is 0 Å². The van der Waals surface area contributed by atoms with Gasteiger partial charge in [-0.25, -0.2) is 4.99 Å². The van der Waals surface area contributed by atoms with E-state index in [1.54, 1.807) is 11.3 Å². The zero-order chi connectivity index (χ0) is 10.5. The maximum atomic E-state index is 5.34. The molecule has 2 aromatic rings. The average molecular weight is 246 g/mol. The van der Waals surface area contributed by atoms with Gasteiger partial charge in [-0.15, -0.1) is 11.3 Å². The number of aromatic nitrogens is 1. The summed E-state index contributed by atoms with van der Waals surface area (Å²) in [6.45, 7) is 0.300. The van der Waals surface area contributed by atoms with Gasteiger partial charge in [-0.05, 0) is 6.07 Å². The monoisotopic (exact) mass is 246 g/mol. The van der Waals surface area contributed by atoms with Crippen molar-refractivity contribution in [2.75, 3.05) is 6.79 Å². The summed E-state index contributed by atoms with van der Waals surface area (Å²) in [6, 6.07) is 3.90. The number of nitrogens with zero attached hydrogens (tertiary/aromatic N) is 2. The molecule has 0 saturated heterocycles. The Morgan fingerprint density at radius 2 is 2.00 bits per heavy atom. The number of hydrogen-bond acceptors (Lipinski definition) is 5. The molecule has 0 N–H and O–H groups in total. The summed E-state index contributed by atoms with van der Waals surface area (Å²) < 4.78 is 10.6. The zero-order valence-electron chi connectivity index (χ0n) is 8.14. The molecular formula is C12H10N2O2S. The standard InChI is InChI=1S/C11H6N2O2S.CH4/c1-6-7(2-9-8(1)14-5-15-9)13-11(6)10-3-12-4-16-10;/h1-4H,5H2;1H4. The Balaban J connectivity index is 0.000000902. The second-order valence-electron chi connectivity index (χ2n) is 3.55. The first-order valence-electron chi connectivity index (χ1n) is 4.83. The maximum absolute atomic E-state index is 5.34. The summed E-state index contributed by atoms with van der Waals surface area (Å²) in [6.07, 6.45) is 1.83. The van der Waals surface area contributed by atoms with Crippen molar-refractivity contribution < 1.29 is 9.47 Å². The largest absolute Gasteiger partial charge is 0.454 e. The van der Waals surface area contributed by atoms with Gasteiger partial charge in [0.05, 0.1) is 21.8 Å². The molecule has 0 unspecified atom stereocenters. The first-order valence-corrected chi connectivity index (χ1v) is 5.71. The van der Waals surface area contributed by atoms with Crippen LogP contribution in [0.1, 0.15) is 17.9 Å². The molecule has 1 aromatic carbocycles. The van der Waals surface area contributed by atoms with Gasteiger partial charge in [0.15, 0.2) is 11.5 Å². The number of ether oxygens (including phenoxy) is 2. The Labute approximate surface area is 103 Å². The van der Waals surface area contributed by atoms with E-state index in [4.69, 9.17) is 9.47 Å². The quantitative estimate of drug-likeness (QED) is 0.663. The molecule has 2 aliphatic heterocycles. The molecule has 0 atom stereocenters. The van der Waals surface area contributed by atoms with E-state index < -0.39 is 0 Å². The van der Waals surface area contributed by atoms with Crippen molar-refractivity contribution in [2.24, 2.45) is 4.99 Å². The van der Waals surface area contributed by atoms with E-state index in [1.807, 2.05) is 23.8 Å². The molecule has 5 heteroatoms. The van der Waals surface area contributed by atoms with Gasteiger partial charge in [0, 0.05) is 17.8 Å². The second kappa shape index (κ2) is 3.56. The van der Waals surface area contributed by atoms with Crippen LogP contribution in [0, 0.1) is 0 Å². The summed E-state index contributed by atoms with van der Waals surface area (Å²) >= 11 is 1.59. The van der Waals surface area contributed by atoms with Crippen LogP contribution in [0.2, 0.25) is 0 Å². The lowest BCUT2D eigenvalue weighted by atomic mass is 10.0. The van der Waals surface area contributed by atoms with Crippen molar-refractivity contribution in [3.63, 3.8) is 0 Å². The summed E-state index contributed by atoms with van der Waals surface area (Å²) in [7, 11) is 0. The van der Waals surface area contributed by atoms with Crippen molar-refractivity contribution in [1.29, 1.82) is 0 Å². The van der Waals surface area contributed by atoms with E-state index in [1.165, 1.54) is 0 Å². The van der Waals surface area contributed by atoms with Crippen molar-refractivity contribution in [1.82, 2.24) is 4.98 Å². The first-order chi connectivity index (χ1) is 7.92. The number of aliphatic imine (C=N–C) groups is 1. The van der Waals surface area contributed by atoms with Crippen molar-refractivity contribution >= 4 is 22.7 Å². The van der Waals surface area contributed by atoms with Gasteiger partial charge >= 0.3 is 0 Å². The van der Waals surface area contributed by atoms with E-state index in [2.05, 4.69) is 9.98 Å². The predicted octanol–water partition coefficient (Wildman–Crippen LogP) is 2.99. The van der Waals surface area contributed by atoms with Crippen LogP contribution in [0.5, 0.6) is 11.5 Å². The molecule has 2 aliphatic rings. The number of thiazole rings is 1. The van der Waals surface area contributed by atoms with E-state index in [-0.39, 0.29) is 7.43 Å². The highest BCUT2D eigenvalue weighted by molar-refractivity contribution is 7.12. The normalized spacial score (nSPS) is 14.5. The molecule has 4 rings (SSSR count). The summed E-state index contributed by atoms with van der Waals surface area (Å²) in [5.41, 5.74) is 4.89. The van der Waals surface area contributed by atoms with Gasteiger partial charge in [-0.2, -0.15) is 0 Å². The lowest BCUT2D eigenvalue weighted by Crippen LogP contribution is -2.09. The SMILES string of the molecule is C.c1ncc(C2=Nc3cc4c(cc32)OCO4)s1. The first kappa shape index (κ1) is 10.3. The molecule has 86 valence electrons. The van der Waals surface area contributed by atoms with E-state index in [0.717, 1.165) is 33.3 Å². The highest BCUT2D eigenvalue weighted by atomic mass is 32.1. The molecule has 0 fully saturated rings. The Morgan fingerprint density at radius 1 is 1.18 bits per heavy atom. The van der Waals surface area contributed by atoms with Crippen LogP contribution in [0.15, 0.2) is 28.8 Å². The van der Waals surface area contributed by atoms with Gasteiger partial charge in [-0.1, -0.05) is 7.43 Å². The third-order valence-corrected chi connectivity index (χ3v) is 3.42. The van der Waals surface area contributed by atoms with Gasteiger partial charge in [0.2, 0.25) is 6.79 Å². The average Bonchev–Trinajstić information content (AvgIpc) is 2.91. The fourth-order valence-corrected chi connectivity index (χ4v) is 2.49. The maximum Gasteiger partial charge on any atom is 0.231 e. The summed E-state index contributed by atoms with van der Waals surface area (Å²) in [5.74, 6) is 1.58. The van der Waals surface area contributed by atoms with Crippen LogP contribution in [0.4, 0.5) is 5.69 Å². The van der Waals surface area contributed by atoms with Gasteiger partial charge < -0.3 is 9.47 Å². The number of fused-ring (bicyclic) bond motifs is 2. The van der Waals surface area contributed by atoms with Crippen LogP contribution < -0.4 is 9.47 Å². The minimum absolute atomic E-state index is 0. The van der Waals surface area contributed by atoms with Crippen molar-refractivity contribution in [3.05, 3.63) is 34.3 Å². The predicted molar refractivity (Wildman–Crippen MR) is 66.7 cm³/mol. The molecular weight excluding hydrogens is 236 g/mol. The molecule has 0 amide bonds. The summed E-state index contributed by atoms with van der Waals surface area (Å²) in [5, 5.41) is 0. The molecule has 0 saturated carbocycles. The lowest BCUT2D eigenvalue weighted by Gasteiger charge is -2.17. The van der Waals surface area contributed by atoms with Crippen LogP contribution in [0.3, 0.4) is 0 Å². The van der Waals surface area contributed by atoms with Crippen LogP contribution >= 0.6 is 11.3 Å². The molecule has 0 aliphatic carbocycles. The molecule has 17 heavy (non-hydrogen) atoms. The van der Waals surface area contributed by atoms with Crippen molar-refractivity contribution in [3.8, 4) is 11.5 Å². The third-order valence-electron chi connectivity index (χ3n) is 2.64. The fraction of sp³-hybridized carbons (Fsp3) is 0.167. The Bertz CT molecular complexity index is 605. The lowest BCUT2D eigenvalue weighted by molar-refractivity contribution is 0.174. The van der Waals surface area contributed by atoms with Gasteiger partial charge in [0.25, 0.3) is 0 Å². The van der Waals surface area contributed by atoms with Crippen LogP contribution in [-0.2, 0) is 0 Å². The molecule has 3 heterocycles. The number of hydrogen-bond donors (Lipinski definition) is 0. The molecule has 4 nitrogen and oxygen atoms in total. The summed E-state index contributed by atoms with van der Waals surface area (Å²) in [4.78, 5) is 9.60. The Kier molecular flexibility index (Phi) is 2.16. The molecule has 0 radical (unpaired) electrons. The topological polar surface area (TPSA) is 43.7 Å². The second-order valence-corrected chi connectivity index (χ2v) is 4.44. The molecule has 1 aromatic heterocycles. The minimum atomic E-state index is 0. The van der Waals surface area contributed by atoms with Gasteiger partial charge in [-0.3, -0.25) is 4.98 Å². The smallest absolute Gasteiger partial charge is 0.231 e. The van der Waals surface area contributed by atoms with Crippen LogP contribution in [0.25, 0.3) is 0 Å². The third kappa shape index (κ3) is 1.36. The van der Waals surface area contributed by atoms with Crippen molar-refractivity contribution in [2.45, 2.75) is 7.43 Å². The molecule has 0 bridgehead atoms. The van der Waals surface area contributed by atoms with Gasteiger partial charge in [0.1, 0.15) is 0 Å². The zero-order valence-corrected chi connectivity index (χ0v) is 8.95. The molecule has 0 spiro atoms. The van der Waals surface area contributed by atoms with E-state index in [0.29, 0.717) is 6.79 Å². The fourth-order valence-electron chi connectivity index (χ4n) is 1.86. The Hall–Kier alpha value is -1.88. The number of rotatable bonds is 1. The highest BCUT2D eigenvalue weighted by Gasteiger charge is 2.26. The minimum Gasteiger partial charge on any atom is -0.454 e. The number of benzene rings is 1. The van der Waals surface area contributed by atoms with E-state index in [9.17, 15) is 0 Å².